The third-order valence-corrected chi connectivity index (χ3v) is 4.54. The largest absolute Gasteiger partial charge is 0.369 e. The van der Waals surface area contributed by atoms with Crippen molar-refractivity contribution in [2.75, 3.05) is 31.1 Å². The predicted octanol–water partition coefficient (Wildman–Crippen LogP) is 1.77. The monoisotopic (exact) mass is 285 g/mol. The number of piperazine rings is 1. The molecule has 0 bridgehead atoms. The zero-order valence-electron chi connectivity index (χ0n) is 12.4. The number of nitrogens with zero attached hydrogens (tertiary/aromatic N) is 2. The van der Waals surface area contributed by atoms with Crippen molar-refractivity contribution in [2.45, 2.75) is 25.4 Å². The minimum absolute atomic E-state index is 0.128. The van der Waals surface area contributed by atoms with Crippen LogP contribution in [0.3, 0.4) is 0 Å². The molecule has 1 aromatic carbocycles. The first kappa shape index (κ1) is 14.1. The van der Waals surface area contributed by atoms with Crippen LogP contribution in [0, 0.1) is 0 Å². The molecule has 1 unspecified atom stereocenters. The molecule has 0 radical (unpaired) electrons. The standard InChI is InChI=1S/C17H23N3O/c1-2-17(21)18-12-14-5-7-15(8-6-14)20-11-10-19-9-3-4-16(19)13-20/h2,5-8,16H,1,3-4,9-13H2,(H,18,21). The van der Waals surface area contributed by atoms with Gasteiger partial charge in [0.25, 0.3) is 0 Å². The van der Waals surface area contributed by atoms with Gasteiger partial charge in [-0.3, -0.25) is 9.69 Å². The molecule has 0 aromatic heterocycles. The van der Waals surface area contributed by atoms with Gasteiger partial charge >= 0.3 is 0 Å². The highest BCUT2D eigenvalue weighted by molar-refractivity contribution is 5.86. The Labute approximate surface area is 126 Å². The average Bonchev–Trinajstić information content (AvgIpc) is 3.00. The lowest BCUT2D eigenvalue weighted by Crippen LogP contribution is -2.50. The summed E-state index contributed by atoms with van der Waals surface area (Å²) < 4.78 is 0. The minimum atomic E-state index is -0.128. The Morgan fingerprint density at radius 2 is 2.10 bits per heavy atom. The molecule has 1 amide bonds. The SMILES string of the molecule is C=CC(=O)NCc1ccc(N2CCN3CCCC3C2)cc1. The highest BCUT2D eigenvalue weighted by Gasteiger charge is 2.30. The van der Waals surface area contributed by atoms with Crippen LogP contribution in [0.1, 0.15) is 18.4 Å². The van der Waals surface area contributed by atoms with E-state index < -0.39 is 0 Å². The van der Waals surface area contributed by atoms with E-state index in [9.17, 15) is 4.79 Å². The molecule has 3 rings (SSSR count). The van der Waals surface area contributed by atoms with E-state index in [1.54, 1.807) is 0 Å². The van der Waals surface area contributed by atoms with Gasteiger partial charge < -0.3 is 10.2 Å². The first-order valence-electron chi connectivity index (χ1n) is 7.74. The summed E-state index contributed by atoms with van der Waals surface area (Å²) in [7, 11) is 0. The molecule has 112 valence electrons. The van der Waals surface area contributed by atoms with E-state index in [2.05, 4.69) is 46.0 Å². The number of carbonyl (C=O) groups is 1. The summed E-state index contributed by atoms with van der Waals surface area (Å²) in [5, 5.41) is 2.80. The van der Waals surface area contributed by atoms with E-state index in [-0.39, 0.29) is 5.91 Å². The topological polar surface area (TPSA) is 35.6 Å². The third kappa shape index (κ3) is 3.27. The van der Waals surface area contributed by atoms with Gasteiger partial charge in [0.05, 0.1) is 0 Å². The fourth-order valence-electron chi connectivity index (χ4n) is 3.31. The Morgan fingerprint density at radius 3 is 2.86 bits per heavy atom. The van der Waals surface area contributed by atoms with Crippen molar-refractivity contribution in [2.24, 2.45) is 0 Å². The quantitative estimate of drug-likeness (QED) is 0.857. The molecule has 1 N–H and O–H groups in total. The lowest BCUT2D eigenvalue weighted by Gasteiger charge is -2.38. The van der Waals surface area contributed by atoms with Crippen molar-refractivity contribution in [3.05, 3.63) is 42.5 Å². The van der Waals surface area contributed by atoms with Gasteiger partial charge in [-0.2, -0.15) is 0 Å². The van der Waals surface area contributed by atoms with Crippen LogP contribution in [0.25, 0.3) is 0 Å². The maximum absolute atomic E-state index is 11.2. The highest BCUT2D eigenvalue weighted by Crippen LogP contribution is 2.25. The van der Waals surface area contributed by atoms with Crippen LogP contribution >= 0.6 is 0 Å². The van der Waals surface area contributed by atoms with E-state index in [0.717, 1.165) is 24.7 Å². The van der Waals surface area contributed by atoms with Crippen LogP contribution in [0.2, 0.25) is 0 Å². The number of carbonyl (C=O) groups excluding carboxylic acids is 1. The Bertz CT molecular complexity index is 511. The number of hydrogen-bond acceptors (Lipinski definition) is 3. The van der Waals surface area contributed by atoms with Crippen LogP contribution in [-0.4, -0.2) is 43.0 Å². The molecular formula is C17H23N3O. The molecule has 1 aromatic rings. The molecule has 0 spiro atoms. The van der Waals surface area contributed by atoms with E-state index in [1.807, 2.05) is 0 Å². The van der Waals surface area contributed by atoms with Crippen molar-refractivity contribution in [3.8, 4) is 0 Å². The lowest BCUT2D eigenvalue weighted by molar-refractivity contribution is -0.116. The molecule has 2 saturated heterocycles. The Balaban J connectivity index is 1.59. The number of hydrogen-bond donors (Lipinski definition) is 1. The number of rotatable bonds is 4. The van der Waals surface area contributed by atoms with Gasteiger partial charge in [-0.05, 0) is 43.2 Å². The van der Waals surface area contributed by atoms with Gasteiger partial charge in [-0.15, -0.1) is 0 Å². The van der Waals surface area contributed by atoms with E-state index in [1.165, 1.54) is 37.7 Å². The fourth-order valence-corrected chi connectivity index (χ4v) is 3.31. The third-order valence-electron chi connectivity index (χ3n) is 4.54. The number of anilines is 1. The summed E-state index contributed by atoms with van der Waals surface area (Å²) in [5.74, 6) is -0.128. The van der Waals surface area contributed by atoms with Gasteiger partial charge in [0.2, 0.25) is 5.91 Å². The molecule has 2 fully saturated rings. The number of fused-ring (bicyclic) bond motifs is 1. The van der Waals surface area contributed by atoms with Crippen LogP contribution in [0.15, 0.2) is 36.9 Å². The molecule has 2 aliphatic heterocycles. The summed E-state index contributed by atoms with van der Waals surface area (Å²) in [6.45, 7) is 8.73. The lowest BCUT2D eigenvalue weighted by atomic mass is 10.1. The van der Waals surface area contributed by atoms with E-state index in [0.29, 0.717) is 6.54 Å². The Morgan fingerprint density at radius 1 is 1.29 bits per heavy atom. The zero-order valence-corrected chi connectivity index (χ0v) is 12.4. The van der Waals surface area contributed by atoms with E-state index in [4.69, 9.17) is 0 Å². The second kappa shape index (κ2) is 6.31. The number of nitrogens with one attached hydrogen (secondary N) is 1. The summed E-state index contributed by atoms with van der Waals surface area (Å²) in [5.41, 5.74) is 2.41. The van der Waals surface area contributed by atoms with Gasteiger partial charge in [-0.1, -0.05) is 18.7 Å². The van der Waals surface area contributed by atoms with Crippen LogP contribution in [0.5, 0.6) is 0 Å². The molecule has 4 nitrogen and oxygen atoms in total. The van der Waals surface area contributed by atoms with Crippen LogP contribution in [-0.2, 0) is 11.3 Å². The summed E-state index contributed by atoms with van der Waals surface area (Å²) in [4.78, 5) is 16.3. The zero-order chi connectivity index (χ0) is 14.7. The summed E-state index contributed by atoms with van der Waals surface area (Å²) in [6, 6.07) is 9.27. The number of amides is 1. The maximum atomic E-state index is 11.2. The average molecular weight is 285 g/mol. The van der Waals surface area contributed by atoms with Gasteiger partial charge in [0.1, 0.15) is 0 Å². The minimum Gasteiger partial charge on any atom is -0.369 e. The van der Waals surface area contributed by atoms with Crippen molar-refractivity contribution in [3.63, 3.8) is 0 Å². The first-order valence-corrected chi connectivity index (χ1v) is 7.74. The second-order valence-electron chi connectivity index (χ2n) is 5.87. The van der Waals surface area contributed by atoms with E-state index >= 15 is 0 Å². The predicted molar refractivity (Wildman–Crippen MR) is 85.3 cm³/mol. The fraction of sp³-hybridized carbons (Fsp3) is 0.471. The summed E-state index contributed by atoms with van der Waals surface area (Å²) in [6.07, 6.45) is 3.98. The molecular weight excluding hydrogens is 262 g/mol. The second-order valence-corrected chi connectivity index (χ2v) is 5.87. The summed E-state index contributed by atoms with van der Waals surface area (Å²) >= 11 is 0. The van der Waals surface area contributed by atoms with Gasteiger partial charge in [-0.25, -0.2) is 0 Å². The molecule has 4 heteroatoms. The number of benzene rings is 1. The van der Waals surface area contributed by atoms with Crippen LogP contribution < -0.4 is 10.2 Å². The molecule has 1 atom stereocenters. The molecule has 0 saturated carbocycles. The molecule has 21 heavy (non-hydrogen) atoms. The van der Waals surface area contributed by atoms with Crippen molar-refractivity contribution in [1.82, 2.24) is 10.2 Å². The maximum Gasteiger partial charge on any atom is 0.243 e. The molecule has 0 aliphatic carbocycles. The first-order chi connectivity index (χ1) is 10.3. The normalized spacial score (nSPS) is 21.9. The molecule has 2 aliphatic rings. The van der Waals surface area contributed by atoms with Crippen molar-refractivity contribution < 1.29 is 4.79 Å². The van der Waals surface area contributed by atoms with Gasteiger partial charge in [0, 0.05) is 37.9 Å². The van der Waals surface area contributed by atoms with Crippen LogP contribution in [0.4, 0.5) is 5.69 Å². The smallest absolute Gasteiger partial charge is 0.243 e. The Kier molecular flexibility index (Phi) is 4.25. The highest BCUT2D eigenvalue weighted by atomic mass is 16.1. The van der Waals surface area contributed by atoms with Crippen molar-refractivity contribution in [1.29, 1.82) is 0 Å². The van der Waals surface area contributed by atoms with Crippen molar-refractivity contribution >= 4 is 11.6 Å². The Hall–Kier alpha value is -1.81. The van der Waals surface area contributed by atoms with Gasteiger partial charge in [0.15, 0.2) is 0 Å². The molecule has 2 heterocycles.